The maximum absolute atomic E-state index is 11.8. The smallest absolute Gasteiger partial charge is 0.241 e. The third-order valence-corrected chi connectivity index (χ3v) is 3.83. The van der Waals surface area contributed by atoms with Crippen molar-refractivity contribution in [2.75, 3.05) is 31.5 Å². The van der Waals surface area contributed by atoms with Gasteiger partial charge in [-0.3, -0.25) is 9.59 Å². The molecule has 1 aliphatic heterocycles. The number of likely N-dealkylation sites (tertiary alicyclic amines) is 1. The van der Waals surface area contributed by atoms with Crippen LogP contribution < -0.4 is 10.6 Å². The molecular weight excluding hydrogens is 310 g/mol. The summed E-state index contributed by atoms with van der Waals surface area (Å²) in [5, 5.41) is 16.6. The van der Waals surface area contributed by atoms with Gasteiger partial charge >= 0.3 is 0 Å². The van der Waals surface area contributed by atoms with Gasteiger partial charge in [0, 0.05) is 18.8 Å². The second-order valence-corrected chi connectivity index (χ2v) is 5.52. The number of anilines is 1. The van der Waals surface area contributed by atoms with Crippen molar-refractivity contribution in [2.24, 2.45) is 0 Å². The summed E-state index contributed by atoms with van der Waals surface area (Å²) in [5.74, 6) is -0.237. The number of tetrazole rings is 1. The standard InChI is InChI=1S/C15H19N7O2/c23-14(17-10-15(24)21-7-1-2-8-21)9-16-12-3-5-13(6-4-12)22-11-18-19-20-22/h3-6,11,16H,1-2,7-10H2,(H,17,23). The van der Waals surface area contributed by atoms with Crippen molar-refractivity contribution in [1.29, 1.82) is 0 Å². The van der Waals surface area contributed by atoms with Crippen molar-refractivity contribution >= 4 is 17.5 Å². The second kappa shape index (κ2) is 7.53. The highest BCUT2D eigenvalue weighted by Gasteiger charge is 2.17. The van der Waals surface area contributed by atoms with E-state index in [1.165, 1.54) is 6.33 Å². The van der Waals surface area contributed by atoms with Crippen molar-refractivity contribution in [2.45, 2.75) is 12.8 Å². The minimum absolute atomic E-state index is 0.0216. The van der Waals surface area contributed by atoms with Crippen LogP contribution in [0, 0.1) is 0 Å². The summed E-state index contributed by atoms with van der Waals surface area (Å²) in [4.78, 5) is 25.4. The van der Waals surface area contributed by atoms with E-state index < -0.39 is 0 Å². The molecule has 2 N–H and O–H groups in total. The Labute approximate surface area is 139 Å². The molecule has 9 heteroatoms. The molecule has 1 fully saturated rings. The quantitative estimate of drug-likeness (QED) is 0.761. The average Bonchev–Trinajstić information content (AvgIpc) is 3.31. The lowest BCUT2D eigenvalue weighted by molar-refractivity contribution is -0.131. The van der Waals surface area contributed by atoms with E-state index in [1.54, 1.807) is 9.58 Å². The molecule has 0 spiro atoms. The van der Waals surface area contributed by atoms with Crippen LogP contribution >= 0.6 is 0 Å². The number of hydrogen-bond donors (Lipinski definition) is 2. The first-order chi connectivity index (χ1) is 11.7. The molecule has 0 atom stereocenters. The molecule has 1 aromatic carbocycles. The van der Waals surface area contributed by atoms with E-state index in [-0.39, 0.29) is 24.9 Å². The summed E-state index contributed by atoms with van der Waals surface area (Å²) in [6.07, 6.45) is 3.59. The molecule has 24 heavy (non-hydrogen) atoms. The van der Waals surface area contributed by atoms with Gasteiger partial charge in [-0.15, -0.1) is 5.10 Å². The molecule has 9 nitrogen and oxygen atoms in total. The van der Waals surface area contributed by atoms with Crippen molar-refractivity contribution in [3.63, 3.8) is 0 Å². The van der Waals surface area contributed by atoms with Crippen LogP contribution in [0.1, 0.15) is 12.8 Å². The first kappa shape index (κ1) is 15.9. The predicted octanol–water partition coefficient (Wildman–Crippen LogP) is -0.187. The summed E-state index contributed by atoms with van der Waals surface area (Å²) in [5.41, 5.74) is 1.62. The summed E-state index contributed by atoms with van der Waals surface area (Å²) >= 11 is 0. The van der Waals surface area contributed by atoms with E-state index in [4.69, 9.17) is 0 Å². The molecule has 0 aliphatic carbocycles. The van der Waals surface area contributed by atoms with Gasteiger partial charge in [-0.05, 0) is 47.5 Å². The van der Waals surface area contributed by atoms with Crippen molar-refractivity contribution in [3.05, 3.63) is 30.6 Å². The van der Waals surface area contributed by atoms with Gasteiger partial charge in [-0.25, -0.2) is 4.68 Å². The van der Waals surface area contributed by atoms with Gasteiger partial charge in [0.25, 0.3) is 0 Å². The van der Waals surface area contributed by atoms with E-state index in [0.717, 1.165) is 37.3 Å². The van der Waals surface area contributed by atoms with Crippen LogP contribution in [0.2, 0.25) is 0 Å². The number of aromatic nitrogens is 4. The fourth-order valence-corrected chi connectivity index (χ4v) is 2.51. The maximum Gasteiger partial charge on any atom is 0.241 e. The number of nitrogens with one attached hydrogen (secondary N) is 2. The summed E-state index contributed by atoms with van der Waals surface area (Å²) in [6, 6.07) is 7.35. The molecule has 1 aliphatic rings. The van der Waals surface area contributed by atoms with Gasteiger partial charge in [0.15, 0.2) is 0 Å². The van der Waals surface area contributed by atoms with Gasteiger partial charge in [-0.2, -0.15) is 0 Å². The minimum Gasteiger partial charge on any atom is -0.376 e. The van der Waals surface area contributed by atoms with E-state index in [1.807, 2.05) is 24.3 Å². The number of rotatable bonds is 6. The van der Waals surface area contributed by atoms with Gasteiger partial charge < -0.3 is 15.5 Å². The van der Waals surface area contributed by atoms with E-state index in [2.05, 4.69) is 26.2 Å². The topological polar surface area (TPSA) is 105 Å². The average molecular weight is 329 g/mol. The van der Waals surface area contributed by atoms with E-state index in [0.29, 0.717) is 0 Å². The number of nitrogens with zero attached hydrogens (tertiary/aromatic N) is 5. The molecule has 0 saturated carbocycles. The van der Waals surface area contributed by atoms with Crippen LogP contribution in [0.5, 0.6) is 0 Å². The number of amides is 2. The van der Waals surface area contributed by atoms with Gasteiger partial charge in [0.05, 0.1) is 18.8 Å². The second-order valence-electron chi connectivity index (χ2n) is 5.52. The Kier molecular flexibility index (Phi) is 4.99. The Morgan fingerprint density at radius 2 is 1.83 bits per heavy atom. The Balaban J connectivity index is 1.41. The zero-order valence-corrected chi connectivity index (χ0v) is 13.2. The molecule has 1 aromatic heterocycles. The first-order valence-electron chi connectivity index (χ1n) is 7.84. The monoisotopic (exact) mass is 329 g/mol. The molecule has 3 rings (SSSR count). The lowest BCUT2D eigenvalue weighted by Gasteiger charge is -2.15. The summed E-state index contributed by atoms with van der Waals surface area (Å²) < 4.78 is 1.54. The summed E-state index contributed by atoms with van der Waals surface area (Å²) in [6.45, 7) is 1.75. The number of carbonyl (C=O) groups is 2. The van der Waals surface area contributed by atoms with Crippen LogP contribution in [0.15, 0.2) is 30.6 Å². The highest BCUT2D eigenvalue weighted by atomic mass is 16.2. The minimum atomic E-state index is -0.216. The van der Waals surface area contributed by atoms with Gasteiger partial charge in [0.2, 0.25) is 11.8 Å². The Hall–Kier alpha value is -2.97. The molecular formula is C15H19N7O2. The zero-order chi connectivity index (χ0) is 16.8. The first-order valence-corrected chi connectivity index (χ1v) is 7.84. The van der Waals surface area contributed by atoms with Crippen molar-refractivity contribution in [3.8, 4) is 5.69 Å². The van der Waals surface area contributed by atoms with E-state index >= 15 is 0 Å². The molecule has 2 aromatic rings. The fourth-order valence-electron chi connectivity index (χ4n) is 2.51. The third kappa shape index (κ3) is 4.06. The SMILES string of the molecule is O=C(CNc1ccc(-n2cnnn2)cc1)NCC(=O)N1CCCC1. The highest BCUT2D eigenvalue weighted by Crippen LogP contribution is 2.11. The Morgan fingerprint density at radius 3 is 2.50 bits per heavy atom. The van der Waals surface area contributed by atoms with Gasteiger partial charge in [-0.1, -0.05) is 0 Å². The van der Waals surface area contributed by atoms with Crippen LogP contribution in [0.25, 0.3) is 5.69 Å². The Bertz CT molecular complexity index is 678. The molecule has 126 valence electrons. The molecule has 0 bridgehead atoms. The lowest BCUT2D eigenvalue weighted by Crippen LogP contribution is -2.40. The number of benzene rings is 1. The largest absolute Gasteiger partial charge is 0.376 e. The Morgan fingerprint density at radius 1 is 1.08 bits per heavy atom. The number of carbonyl (C=O) groups excluding carboxylic acids is 2. The maximum atomic E-state index is 11.8. The molecule has 0 radical (unpaired) electrons. The van der Waals surface area contributed by atoms with Crippen molar-refractivity contribution in [1.82, 2.24) is 30.4 Å². The fraction of sp³-hybridized carbons (Fsp3) is 0.400. The van der Waals surface area contributed by atoms with Crippen LogP contribution in [-0.4, -0.2) is 63.1 Å². The zero-order valence-electron chi connectivity index (χ0n) is 13.2. The van der Waals surface area contributed by atoms with Crippen LogP contribution in [0.4, 0.5) is 5.69 Å². The predicted molar refractivity (Wildman–Crippen MR) is 86.5 cm³/mol. The van der Waals surface area contributed by atoms with E-state index in [9.17, 15) is 9.59 Å². The normalized spacial score (nSPS) is 13.8. The third-order valence-electron chi connectivity index (χ3n) is 3.83. The highest BCUT2D eigenvalue weighted by molar-refractivity contribution is 5.86. The lowest BCUT2D eigenvalue weighted by atomic mass is 10.3. The van der Waals surface area contributed by atoms with Crippen molar-refractivity contribution < 1.29 is 9.59 Å². The molecule has 1 saturated heterocycles. The molecule has 0 unspecified atom stereocenters. The van der Waals surface area contributed by atoms with Crippen LogP contribution in [-0.2, 0) is 9.59 Å². The molecule has 2 amide bonds. The van der Waals surface area contributed by atoms with Gasteiger partial charge in [0.1, 0.15) is 6.33 Å². The summed E-state index contributed by atoms with van der Waals surface area (Å²) in [7, 11) is 0. The van der Waals surface area contributed by atoms with Crippen LogP contribution in [0.3, 0.4) is 0 Å². The number of hydrogen-bond acceptors (Lipinski definition) is 6. The molecule has 2 heterocycles.